The first-order valence-electron chi connectivity index (χ1n) is 4.61. The molecule has 0 unspecified atom stereocenters. The van der Waals surface area contributed by atoms with Crippen molar-refractivity contribution in [2.24, 2.45) is 0 Å². The first-order valence-corrected chi connectivity index (χ1v) is 4.61. The molecular formula is C11H12N2O2. The first-order chi connectivity index (χ1) is 7.22. The molecule has 1 aromatic carbocycles. The van der Waals surface area contributed by atoms with Gasteiger partial charge in [-0.3, -0.25) is 0 Å². The standard InChI is InChI=1S/C11H12N2O2/c1-8-7-11(14)13(12-8)9-5-3-4-6-10(9)15-2/h3-7,14H,1-2H3. The van der Waals surface area contributed by atoms with Crippen LogP contribution in [0.4, 0.5) is 0 Å². The smallest absolute Gasteiger partial charge is 0.214 e. The second kappa shape index (κ2) is 3.65. The minimum absolute atomic E-state index is 0.108. The van der Waals surface area contributed by atoms with Crippen LogP contribution in [0.3, 0.4) is 0 Å². The average Bonchev–Trinajstić information content (AvgIpc) is 2.57. The van der Waals surface area contributed by atoms with Gasteiger partial charge in [-0.05, 0) is 19.1 Å². The Hall–Kier alpha value is -1.97. The van der Waals surface area contributed by atoms with Crippen LogP contribution in [-0.4, -0.2) is 22.0 Å². The number of aryl methyl sites for hydroxylation is 1. The first kappa shape index (κ1) is 9.58. The maximum Gasteiger partial charge on any atom is 0.214 e. The lowest BCUT2D eigenvalue weighted by Crippen LogP contribution is -1.99. The van der Waals surface area contributed by atoms with E-state index in [9.17, 15) is 5.11 Å². The van der Waals surface area contributed by atoms with Crippen molar-refractivity contribution in [3.63, 3.8) is 0 Å². The van der Waals surface area contributed by atoms with Gasteiger partial charge in [-0.15, -0.1) is 0 Å². The van der Waals surface area contributed by atoms with Crippen LogP contribution in [0.2, 0.25) is 0 Å². The van der Waals surface area contributed by atoms with E-state index in [1.165, 1.54) is 4.68 Å². The van der Waals surface area contributed by atoms with Gasteiger partial charge < -0.3 is 9.84 Å². The summed E-state index contributed by atoms with van der Waals surface area (Å²) in [5.74, 6) is 0.785. The topological polar surface area (TPSA) is 47.3 Å². The lowest BCUT2D eigenvalue weighted by atomic mass is 10.3. The third-order valence-electron chi connectivity index (χ3n) is 2.13. The van der Waals surface area contributed by atoms with Crippen molar-refractivity contribution in [3.8, 4) is 17.3 Å². The van der Waals surface area contributed by atoms with Gasteiger partial charge in [0.05, 0.1) is 12.8 Å². The number of nitrogens with zero attached hydrogens (tertiary/aromatic N) is 2. The average molecular weight is 204 g/mol. The Bertz CT molecular complexity index is 477. The molecule has 2 rings (SSSR count). The van der Waals surface area contributed by atoms with Gasteiger partial charge in [0.15, 0.2) is 0 Å². The van der Waals surface area contributed by atoms with Gasteiger partial charge in [-0.25, -0.2) is 0 Å². The number of aromatic nitrogens is 2. The zero-order valence-corrected chi connectivity index (χ0v) is 8.64. The number of benzene rings is 1. The van der Waals surface area contributed by atoms with E-state index < -0.39 is 0 Å². The predicted octanol–water partition coefficient (Wildman–Crippen LogP) is 1.89. The maximum atomic E-state index is 9.65. The van der Waals surface area contributed by atoms with Crippen molar-refractivity contribution < 1.29 is 9.84 Å². The molecule has 0 aliphatic carbocycles. The van der Waals surface area contributed by atoms with Crippen LogP contribution >= 0.6 is 0 Å². The molecule has 0 saturated heterocycles. The lowest BCUT2D eigenvalue weighted by molar-refractivity contribution is 0.401. The van der Waals surface area contributed by atoms with Crippen molar-refractivity contribution in [2.45, 2.75) is 6.92 Å². The van der Waals surface area contributed by atoms with Crippen LogP contribution in [0.25, 0.3) is 5.69 Å². The highest BCUT2D eigenvalue weighted by molar-refractivity contribution is 5.47. The van der Waals surface area contributed by atoms with Crippen LogP contribution in [-0.2, 0) is 0 Å². The molecule has 0 saturated carbocycles. The summed E-state index contributed by atoms with van der Waals surface area (Å²) < 4.78 is 6.64. The fourth-order valence-corrected chi connectivity index (χ4v) is 1.47. The third-order valence-corrected chi connectivity index (χ3v) is 2.13. The van der Waals surface area contributed by atoms with Crippen molar-refractivity contribution in [2.75, 3.05) is 7.11 Å². The molecule has 0 atom stereocenters. The van der Waals surface area contributed by atoms with E-state index in [-0.39, 0.29) is 5.88 Å². The fourth-order valence-electron chi connectivity index (χ4n) is 1.47. The van der Waals surface area contributed by atoms with Crippen LogP contribution in [0.5, 0.6) is 11.6 Å². The second-order valence-corrected chi connectivity index (χ2v) is 3.23. The van der Waals surface area contributed by atoms with Crippen molar-refractivity contribution >= 4 is 0 Å². The van der Waals surface area contributed by atoms with Gasteiger partial charge in [0.25, 0.3) is 0 Å². The van der Waals surface area contributed by atoms with E-state index in [1.54, 1.807) is 13.2 Å². The molecule has 0 aliphatic heterocycles. The highest BCUT2D eigenvalue weighted by Crippen LogP contribution is 2.25. The monoisotopic (exact) mass is 204 g/mol. The van der Waals surface area contributed by atoms with Gasteiger partial charge in [-0.1, -0.05) is 12.1 Å². The Labute approximate surface area is 87.7 Å². The third kappa shape index (κ3) is 1.66. The number of aromatic hydroxyl groups is 1. The van der Waals surface area contributed by atoms with Crippen LogP contribution in [0.1, 0.15) is 5.69 Å². The molecule has 1 aromatic heterocycles. The van der Waals surface area contributed by atoms with Crippen molar-refractivity contribution in [1.82, 2.24) is 9.78 Å². The minimum Gasteiger partial charge on any atom is -0.494 e. The SMILES string of the molecule is COc1ccccc1-n1nc(C)cc1O. The lowest BCUT2D eigenvalue weighted by Gasteiger charge is -2.08. The molecule has 4 nitrogen and oxygen atoms in total. The maximum absolute atomic E-state index is 9.65. The molecule has 78 valence electrons. The molecule has 2 aromatic rings. The number of methoxy groups -OCH3 is 1. The number of hydrogen-bond donors (Lipinski definition) is 1. The number of rotatable bonds is 2. The zero-order valence-electron chi connectivity index (χ0n) is 8.64. The number of ether oxygens (including phenoxy) is 1. The summed E-state index contributed by atoms with van der Waals surface area (Å²) in [6, 6.07) is 9.01. The van der Waals surface area contributed by atoms with Crippen LogP contribution in [0.15, 0.2) is 30.3 Å². The minimum atomic E-state index is 0.108. The zero-order chi connectivity index (χ0) is 10.8. The van der Waals surface area contributed by atoms with E-state index in [0.717, 1.165) is 11.4 Å². The fraction of sp³-hybridized carbons (Fsp3) is 0.182. The van der Waals surface area contributed by atoms with Crippen molar-refractivity contribution in [1.29, 1.82) is 0 Å². The van der Waals surface area contributed by atoms with E-state index in [1.807, 2.05) is 31.2 Å². The Balaban J connectivity index is 2.58. The number of hydrogen-bond acceptors (Lipinski definition) is 3. The summed E-state index contributed by atoms with van der Waals surface area (Å²) in [5, 5.41) is 13.8. The largest absolute Gasteiger partial charge is 0.494 e. The molecule has 1 heterocycles. The molecule has 0 spiro atoms. The quantitative estimate of drug-likeness (QED) is 0.812. The highest BCUT2D eigenvalue weighted by atomic mass is 16.5. The Morgan fingerprint density at radius 3 is 2.67 bits per heavy atom. The Kier molecular flexibility index (Phi) is 2.33. The predicted molar refractivity (Wildman–Crippen MR) is 56.5 cm³/mol. The molecule has 0 bridgehead atoms. The summed E-state index contributed by atoms with van der Waals surface area (Å²) in [4.78, 5) is 0. The summed E-state index contributed by atoms with van der Waals surface area (Å²) in [7, 11) is 1.59. The second-order valence-electron chi connectivity index (χ2n) is 3.23. The van der Waals surface area contributed by atoms with E-state index in [2.05, 4.69) is 5.10 Å². The molecule has 0 fully saturated rings. The van der Waals surface area contributed by atoms with Gasteiger partial charge in [0.1, 0.15) is 11.4 Å². The highest BCUT2D eigenvalue weighted by Gasteiger charge is 2.09. The molecule has 15 heavy (non-hydrogen) atoms. The Morgan fingerprint density at radius 2 is 2.07 bits per heavy atom. The summed E-state index contributed by atoms with van der Waals surface area (Å²) in [6.45, 7) is 1.83. The van der Waals surface area contributed by atoms with Crippen LogP contribution < -0.4 is 4.74 Å². The van der Waals surface area contributed by atoms with Crippen molar-refractivity contribution in [3.05, 3.63) is 36.0 Å². The molecule has 0 aliphatic rings. The Morgan fingerprint density at radius 1 is 1.33 bits per heavy atom. The number of para-hydroxylation sites is 2. The molecule has 4 heteroatoms. The normalized spacial score (nSPS) is 10.3. The van der Waals surface area contributed by atoms with E-state index in [4.69, 9.17) is 4.74 Å². The van der Waals surface area contributed by atoms with Gasteiger partial charge in [0, 0.05) is 6.07 Å². The van der Waals surface area contributed by atoms with Crippen LogP contribution in [0, 0.1) is 6.92 Å². The van der Waals surface area contributed by atoms with Gasteiger partial charge >= 0.3 is 0 Å². The van der Waals surface area contributed by atoms with Gasteiger partial charge in [-0.2, -0.15) is 9.78 Å². The molecule has 0 radical (unpaired) electrons. The molecule has 1 N–H and O–H groups in total. The summed E-state index contributed by atoms with van der Waals surface area (Å²) in [5.41, 5.74) is 1.49. The summed E-state index contributed by atoms with van der Waals surface area (Å²) in [6.07, 6.45) is 0. The van der Waals surface area contributed by atoms with E-state index >= 15 is 0 Å². The van der Waals surface area contributed by atoms with Gasteiger partial charge in [0.2, 0.25) is 5.88 Å². The molecule has 0 amide bonds. The summed E-state index contributed by atoms with van der Waals surface area (Å²) >= 11 is 0. The molecular weight excluding hydrogens is 192 g/mol. The van der Waals surface area contributed by atoms with E-state index in [0.29, 0.717) is 5.75 Å².